The van der Waals surface area contributed by atoms with Gasteiger partial charge in [-0.3, -0.25) is 4.90 Å². The van der Waals surface area contributed by atoms with Gasteiger partial charge < -0.3 is 4.74 Å². The van der Waals surface area contributed by atoms with Crippen LogP contribution in [-0.2, 0) is 4.74 Å². The molecule has 0 bridgehead atoms. The van der Waals surface area contributed by atoms with Gasteiger partial charge in [0.1, 0.15) is 11.3 Å². The first-order valence-corrected chi connectivity index (χ1v) is 6.31. The van der Waals surface area contributed by atoms with Gasteiger partial charge in [0, 0.05) is 6.20 Å². The van der Waals surface area contributed by atoms with Crippen LogP contribution < -0.4 is 4.90 Å². The van der Waals surface area contributed by atoms with Crippen molar-refractivity contribution < 1.29 is 13.9 Å². The Morgan fingerprint density at radius 3 is 2.83 bits per heavy atom. The number of aromatic nitrogens is 1. The van der Waals surface area contributed by atoms with Crippen LogP contribution in [0.2, 0.25) is 0 Å². The van der Waals surface area contributed by atoms with E-state index in [-0.39, 0.29) is 5.69 Å². The number of hydrogen-bond donors (Lipinski definition) is 0. The van der Waals surface area contributed by atoms with Gasteiger partial charge in [-0.25, -0.2) is 9.78 Å². The van der Waals surface area contributed by atoms with Crippen LogP contribution in [0.15, 0.2) is 18.3 Å². The quantitative estimate of drug-likeness (QED) is 0.720. The molecule has 3 rings (SSSR count). The molecule has 0 N–H and O–H groups in total. The summed E-state index contributed by atoms with van der Waals surface area (Å²) in [5.41, 5.74) is -0.192. The summed E-state index contributed by atoms with van der Waals surface area (Å²) in [5.74, 6) is -0.623. The first-order valence-electron chi connectivity index (χ1n) is 6.31. The molecule has 5 heteroatoms. The molecule has 1 spiro atoms. The second kappa shape index (κ2) is 4.23. The van der Waals surface area contributed by atoms with Crippen molar-refractivity contribution in [1.29, 1.82) is 0 Å². The van der Waals surface area contributed by atoms with Crippen molar-refractivity contribution in [2.45, 2.75) is 37.7 Å². The highest BCUT2D eigenvalue weighted by Gasteiger charge is 2.46. The number of carbonyl (C=O) groups excluding carboxylic acids is 1. The summed E-state index contributed by atoms with van der Waals surface area (Å²) in [7, 11) is 0. The van der Waals surface area contributed by atoms with Crippen LogP contribution in [0.1, 0.15) is 32.1 Å². The summed E-state index contributed by atoms with van der Waals surface area (Å²) in [6.45, 7) is 0.439. The highest BCUT2D eigenvalue weighted by Crippen LogP contribution is 2.38. The lowest BCUT2D eigenvalue weighted by Gasteiger charge is -2.30. The van der Waals surface area contributed by atoms with Crippen LogP contribution in [0.4, 0.5) is 14.9 Å². The predicted molar refractivity (Wildman–Crippen MR) is 63.8 cm³/mol. The van der Waals surface area contributed by atoms with Crippen molar-refractivity contribution in [3.8, 4) is 0 Å². The Labute approximate surface area is 105 Å². The highest BCUT2D eigenvalue weighted by atomic mass is 19.1. The molecule has 2 fully saturated rings. The molecule has 0 aromatic carbocycles. The van der Waals surface area contributed by atoms with Crippen LogP contribution in [0.25, 0.3) is 0 Å². The maximum absolute atomic E-state index is 13.6. The van der Waals surface area contributed by atoms with Gasteiger partial charge in [0.05, 0.1) is 6.54 Å². The molecule has 2 aliphatic rings. The Bertz CT molecular complexity index is 472. The molecule has 1 aromatic rings. The van der Waals surface area contributed by atoms with Crippen LogP contribution in [0.3, 0.4) is 0 Å². The minimum atomic E-state index is -0.623. The summed E-state index contributed by atoms with van der Waals surface area (Å²) in [5, 5.41) is 0. The zero-order valence-electron chi connectivity index (χ0n) is 10.1. The standard InChI is InChI=1S/C13H15FN2O2/c14-11-10(5-4-8-15-11)16-9-13(18-12(16)17)6-2-1-3-7-13/h4-5,8H,1-3,6-7,9H2. The number of nitrogens with zero attached hydrogens (tertiary/aromatic N) is 2. The van der Waals surface area contributed by atoms with E-state index >= 15 is 0 Å². The Balaban J connectivity index is 1.87. The Hall–Kier alpha value is -1.65. The third kappa shape index (κ3) is 1.83. The molecule has 1 amide bonds. The van der Waals surface area contributed by atoms with Gasteiger partial charge in [-0.15, -0.1) is 0 Å². The van der Waals surface area contributed by atoms with Gasteiger partial charge >= 0.3 is 6.09 Å². The monoisotopic (exact) mass is 250 g/mol. The number of hydrogen-bond acceptors (Lipinski definition) is 3. The van der Waals surface area contributed by atoms with E-state index in [9.17, 15) is 9.18 Å². The van der Waals surface area contributed by atoms with Crippen LogP contribution in [0.5, 0.6) is 0 Å². The molecule has 2 heterocycles. The predicted octanol–water partition coefficient (Wildman–Crippen LogP) is 2.88. The van der Waals surface area contributed by atoms with Gasteiger partial charge in [-0.05, 0) is 37.8 Å². The molecule has 1 aliphatic carbocycles. The number of amides is 1. The van der Waals surface area contributed by atoms with E-state index in [1.54, 1.807) is 12.1 Å². The van der Waals surface area contributed by atoms with Crippen molar-refractivity contribution in [2.75, 3.05) is 11.4 Å². The van der Waals surface area contributed by atoms with E-state index in [1.165, 1.54) is 17.5 Å². The summed E-state index contributed by atoms with van der Waals surface area (Å²) in [6, 6.07) is 3.18. The first-order chi connectivity index (χ1) is 8.70. The van der Waals surface area contributed by atoms with Crippen molar-refractivity contribution in [2.24, 2.45) is 0 Å². The van der Waals surface area contributed by atoms with E-state index in [1.807, 2.05) is 0 Å². The smallest absolute Gasteiger partial charge is 0.415 e. The van der Waals surface area contributed by atoms with E-state index in [4.69, 9.17) is 4.74 Å². The Morgan fingerprint density at radius 2 is 2.11 bits per heavy atom. The Kier molecular flexibility index (Phi) is 2.69. The van der Waals surface area contributed by atoms with E-state index < -0.39 is 17.6 Å². The third-order valence-electron chi connectivity index (χ3n) is 3.77. The molecule has 0 atom stereocenters. The zero-order chi connectivity index (χ0) is 12.6. The Morgan fingerprint density at radius 1 is 1.33 bits per heavy atom. The molecule has 18 heavy (non-hydrogen) atoms. The molecule has 0 unspecified atom stereocenters. The van der Waals surface area contributed by atoms with Crippen LogP contribution in [0, 0.1) is 5.95 Å². The summed E-state index contributed by atoms with van der Waals surface area (Å²) in [6.07, 6.45) is 5.97. The lowest BCUT2D eigenvalue weighted by atomic mass is 9.85. The van der Waals surface area contributed by atoms with Crippen LogP contribution in [-0.4, -0.2) is 23.2 Å². The van der Waals surface area contributed by atoms with Gasteiger partial charge in [0.2, 0.25) is 5.95 Å². The second-order valence-corrected chi connectivity index (χ2v) is 5.01. The SMILES string of the molecule is O=C1OC2(CCCCC2)CN1c1cccnc1F. The lowest BCUT2D eigenvalue weighted by Crippen LogP contribution is -2.36. The molecule has 1 aliphatic heterocycles. The maximum atomic E-state index is 13.6. The number of pyridine rings is 1. The maximum Gasteiger partial charge on any atom is 0.415 e. The lowest BCUT2D eigenvalue weighted by molar-refractivity contribution is 0.0260. The summed E-state index contributed by atoms with van der Waals surface area (Å²) in [4.78, 5) is 16.9. The highest BCUT2D eigenvalue weighted by molar-refractivity contribution is 5.90. The minimum Gasteiger partial charge on any atom is -0.441 e. The number of halogens is 1. The van der Waals surface area contributed by atoms with Crippen molar-refractivity contribution in [3.63, 3.8) is 0 Å². The molecule has 96 valence electrons. The number of carbonyl (C=O) groups is 1. The fraction of sp³-hybridized carbons (Fsp3) is 0.538. The van der Waals surface area contributed by atoms with E-state index in [2.05, 4.69) is 4.98 Å². The van der Waals surface area contributed by atoms with E-state index in [0.29, 0.717) is 6.54 Å². The summed E-state index contributed by atoms with van der Waals surface area (Å²) < 4.78 is 19.1. The van der Waals surface area contributed by atoms with E-state index in [0.717, 1.165) is 25.7 Å². The number of ether oxygens (including phenoxy) is 1. The fourth-order valence-electron chi connectivity index (χ4n) is 2.84. The number of rotatable bonds is 1. The van der Waals surface area contributed by atoms with Crippen molar-refractivity contribution in [3.05, 3.63) is 24.3 Å². The molecule has 1 aromatic heterocycles. The minimum absolute atomic E-state index is 0.213. The topological polar surface area (TPSA) is 42.4 Å². The van der Waals surface area contributed by atoms with Gasteiger partial charge in [0.15, 0.2) is 0 Å². The van der Waals surface area contributed by atoms with Gasteiger partial charge in [0.25, 0.3) is 0 Å². The normalized spacial score (nSPS) is 22.3. The van der Waals surface area contributed by atoms with Gasteiger partial charge in [-0.2, -0.15) is 4.39 Å². The summed E-state index contributed by atoms with van der Waals surface area (Å²) >= 11 is 0. The average molecular weight is 250 g/mol. The molecule has 1 saturated carbocycles. The number of anilines is 1. The van der Waals surface area contributed by atoms with Crippen molar-refractivity contribution in [1.82, 2.24) is 4.98 Å². The van der Waals surface area contributed by atoms with Crippen LogP contribution >= 0.6 is 0 Å². The van der Waals surface area contributed by atoms with Crippen molar-refractivity contribution >= 4 is 11.8 Å². The average Bonchev–Trinajstić information content (AvgIpc) is 2.67. The third-order valence-corrected chi connectivity index (χ3v) is 3.77. The zero-order valence-corrected chi connectivity index (χ0v) is 10.1. The second-order valence-electron chi connectivity index (χ2n) is 5.01. The largest absolute Gasteiger partial charge is 0.441 e. The molecular formula is C13H15FN2O2. The fourth-order valence-corrected chi connectivity index (χ4v) is 2.84. The molecule has 1 saturated heterocycles. The molecule has 0 radical (unpaired) electrons. The van der Waals surface area contributed by atoms with Gasteiger partial charge in [-0.1, -0.05) is 6.42 Å². The molecular weight excluding hydrogens is 235 g/mol. The first kappa shape index (κ1) is 11.4. The molecule has 4 nitrogen and oxygen atoms in total.